The zero-order valence-electron chi connectivity index (χ0n) is 12.8. The second kappa shape index (κ2) is 8.34. The molecule has 3 N–H and O–H groups in total. The predicted molar refractivity (Wildman–Crippen MR) is 84.1 cm³/mol. The lowest BCUT2D eigenvalue weighted by Crippen LogP contribution is -2.41. The minimum absolute atomic E-state index is 0.0971. The number of hydrogen-bond acceptors (Lipinski definition) is 5. The molecule has 1 atom stereocenters. The van der Waals surface area contributed by atoms with Crippen molar-refractivity contribution in [1.29, 1.82) is 0 Å². The Morgan fingerprint density at radius 2 is 2.20 bits per heavy atom. The van der Waals surface area contributed by atoms with Crippen LogP contribution in [0.5, 0.6) is 0 Å². The van der Waals surface area contributed by atoms with E-state index in [-0.39, 0.29) is 5.91 Å². The van der Waals surface area contributed by atoms with E-state index in [1.54, 1.807) is 5.38 Å². The van der Waals surface area contributed by atoms with Gasteiger partial charge in [0.2, 0.25) is 0 Å². The molecule has 1 heterocycles. The Hall–Kier alpha value is -0.980. The van der Waals surface area contributed by atoms with E-state index in [4.69, 9.17) is 5.73 Å². The Morgan fingerprint density at radius 1 is 1.50 bits per heavy atom. The molecular formula is C14H26N4OS. The van der Waals surface area contributed by atoms with Gasteiger partial charge in [-0.15, -0.1) is 11.3 Å². The highest BCUT2D eigenvalue weighted by atomic mass is 32.1. The van der Waals surface area contributed by atoms with E-state index in [2.05, 4.69) is 29.0 Å². The second-order valence-corrected chi connectivity index (χ2v) is 6.56. The van der Waals surface area contributed by atoms with Crippen LogP contribution in [0.15, 0.2) is 5.38 Å². The quantitative estimate of drug-likeness (QED) is 0.760. The molecule has 1 unspecified atom stereocenters. The van der Waals surface area contributed by atoms with Crippen LogP contribution in [0.3, 0.4) is 0 Å². The molecule has 0 aliphatic carbocycles. The van der Waals surface area contributed by atoms with Crippen LogP contribution >= 0.6 is 11.3 Å². The standard InChI is InChI=1S/C14H26N4OS/c1-10(2)7-11(18(3)4)8-16-14(19)12-9-20-13(17-12)5-6-15/h9-11H,5-8,15H2,1-4H3,(H,16,19). The number of amides is 1. The molecule has 5 nitrogen and oxygen atoms in total. The van der Waals surface area contributed by atoms with Gasteiger partial charge in [-0.3, -0.25) is 4.79 Å². The Labute approximate surface area is 125 Å². The summed E-state index contributed by atoms with van der Waals surface area (Å²) >= 11 is 1.49. The van der Waals surface area contributed by atoms with Gasteiger partial charge in [0.25, 0.3) is 5.91 Å². The third-order valence-electron chi connectivity index (χ3n) is 3.11. The van der Waals surface area contributed by atoms with Crippen molar-refractivity contribution in [2.24, 2.45) is 11.7 Å². The molecule has 0 saturated heterocycles. The molecule has 0 fully saturated rings. The first kappa shape index (κ1) is 17.1. The minimum atomic E-state index is -0.0971. The van der Waals surface area contributed by atoms with E-state index in [0.717, 1.165) is 17.8 Å². The number of hydrogen-bond donors (Lipinski definition) is 2. The summed E-state index contributed by atoms with van der Waals surface area (Å²) in [5, 5.41) is 5.69. The van der Waals surface area contributed by atoms with Gasteiger partial charge in [-0.2, -0.15) is 0 Å². The molecule has 0 aromatic carbocycles. The Balaban J connectivity index is 2.51. The highest BCUT2D eigenvalue weighted by molar-refractivity contribution is 7.09. The van der Waals surface area contributed by atoms with Crippen LogP contribution in [0.4, 0.5) is 0 Å². The fourth-order valence-corrected chi connectivity index (χ4v) is 2.77. The highest BCUT2D eigenvalue weighted by Crippen LogP contribution is 2.11. The summed E-state index contributed by atoms with van der Waals surface area (Å²) in [5.74, 6) is 0.509. The molecular weight excluding hydrogens is 272 g/mol. The van der Waals surface area contributed by atoms with Crippen molar-refractivity contribution in [3.8, 4) is 0 Å². The van der Waals surface area contributed by atoms with E-state index < -0.39 is 0 Å². The number of nitrogens with one attached hydrogen (secondary N) is 1. The van der Waals surface area contributed by atoms with Gasteiger partial charge in [0, 0.05) is 24.4 Å². The van der Waals surface area contributed by atoms with Crippen LogP contribution in [-0.2, 0) is 6.42 Å². The number of aromatic nitrogens is 1. The van der Waals surface area contributed by atoms with Crippen LogP contribution in [0.1, 0.15) is 35.8 Å². The number of nitrogens with zero attached hydrogens (tertiary/aromatic N) is 2. The fraction of sp³-hybridized carbons (Fsp3) is 0.714. The van der Waals surface area contributed by atoms with Gasteiger partial charge in [0.05, 0.1) is 5.01 Å². The molecule has 6 heteroatoms. The summed E-state index contributed by atoms with van der Waals surface area (Å²) in [6, 6.07) is 0.348. The molecule has 1 amide bonds. The maximum Gasteiger partial charge on any atom is 0.270 e. The lowest BCUT2D eigenvalue weighted by atomic mass is 10.0. The van der Waals surface area contributed by atoms with Crippen LogP contribution < -0.4 is 11.1 Å². The average molecular weight is 298 g/mol. The highest BCUT2D eigenvalue weighted by Gasteiger charge is 2.16. The maximum atomic E-state index is 12.1. The van der Waals surface area contributed by atoms with Crippen molar-refractivity contribution < 1.29 is 4.79 Å². The molecule has 0 saturated carbocycles. The molecule has 1 rings (SSSR count). The SMILES string of the molecule is CC(C)CC(CNC(=O)c1csc(CCN)n1)N(C)C. The zero-order valence-corrected chi connectivity index (χ0v) is 13.7. The third kappa shape index (κ3) is 5.56. The minimum Gasteiger partial charge on any atom is -0.349 e. The van der Waals surface area contributed by atoms with Crippen LogP contribution in [0.2, 0.25) is 0 Å². The molecule has 0 bridgehead atoms. The van der Waals surface area contributed by atoms with Crippen molar-refractivity contribution >= 4 is 17.2 Å². The Morgan fingerprint density at radius 3 is 2.75 bits per heavy atom. The van der Waals surface area contributed by atoms with E-state index in [1.165, 1.54) is 11.3 Å². The first-order valence-corrected chi connectivity index (χ1v) is 7.91. The summed E-state index contributed by atoms with van der Waals surface area (Å²) < 4.78 is 0. The van der Waals surface area contributed by atoms with Crippen molar-refractivity contribution in [3.05, 3.63) is 16.1 Å². The number of carbonyl (C=O) groups excluding carboxylic acids is 1. The van der Waals surface area contributed by atoms with Crippen molar-refractivity contribution in [2.75, 3.05) is 27.2 Å². The van der Waals surface area contributed by atoms with Crippen LogP contribution in [0.25, 0.3) is 0 Å². The monoisotopic (exact) mass is 298 g/mol. The molecule has 1 aromatic heterocycles. The van der Waals surface area contributed by atoms with Gasteiger partial charge in [0.15, 0.2) is 0 Å². The molecule has 0 radical (unpaired) electrons. The van der Waals surface area contributed by atoms with E-state index in [1.807, 2.05) is 14.1 Å². The first-order chi connectivity index (χ1) is 9.43. The molecule has 1 aromatic rings. The zero-order chi connectivity index (χ0) is 15.1. The molecule has 20 heavy (non-hydrogen) atoms. The third-order valence-corrected chi connectivity index (χ3v) is 4.02. The first-order valence-electron chi connectivity index (χ1n) is 7.03. The largest absolute Gasteiger partial charge is 0.349 e. The number of rotatable bonds is 8. The summed E-state index contributed by atoms with van der Waals surface area (Å²) in [5.41, 5.74) is 5.98. The van der Waals surface area contributed by atoms with Gasteiger partial charge in [0.1, 0.15) is 5.69 Å². The van der Waals surface area contributed by atoms with Gasteiger partial charge in [-0.1, -0.05) is 13.8 Å². The number of likely N-dealkylation sites (N-methyl/N-ethyl adjacent to an activating group) is 1. The normalized spacial score (nSPS) is 12.9. The maximum absolute atomic E-state index is 12.1. The topological polar surface area (TPSA) is 71.2 Å². The van der Waals surface area contributed by atoms with Gasteiger partial charge < -0.3 is 16.0 Å². The van der Waals surface area contributed by atoms with E-state index >= 15 is 0 Å². The van der Waals surface area contributed by atoms with Crippen molar-refractivity contribution in [1.82, 2.24) is 15.2 Å². The van der Waals surface area contributed by atoms with Crippen molar-refractivity contribution in [3.63, 3.8) is 0 Å². The summed E-state index contributed by atoms with van der Waals surface area (Å²) in [4.78, 5) is 18.5. The fourth-order valence-electron chi connectivity index (χ4n) is 1.98. The van der Waals surface area contributed by atoms with Gasteiger partial charge >= 0.3 is 0 Å². The number of thiazole rings is 1. The Kier molecular flexibility index (Phi) is 7.12. The summed E-state index contributed by atoms with van der Waals surface area (Å²) in [6.45, 7) is 5.59. The molecule has 0 aliphatic heterocycles. The summed E-state index contributed by atoms with van der Waals surface area (Å²) in [6.07, 6.45) is 1.79. The van der Waals surface area contributed by atoms with E-state index in [9.17, 15) is 4.79 Å². The number of nitrogens with two attached hydrogens (primary N) is 1. The lowest BCUT2D eigenvalue weighted by Gasteiger charge is -2.26. The number of carbonyl (C=O) groups is 1. The van der Waals surface area contributed by atoms with Gasteiger partial charge in [-0.05, 0) is 33.0 Å². The van der Waals surface area contributed by atoms with Gasteiger partial charge in [-0.25, -0.2) is 4.98 Å². The van der Waals surface area contributed by atoms with Crippen LogP contribution in [0, 0.1) is 5.92 Å². The van der Waals surface area contributed by atoms with Crippen molar-refractivity contribution in [2.45, 2.75) is 32.7 Å². The predicted octanol–water partition coefficient (Wildman–Crippen LogP) is 1.35. The summed E-state index contributed by atoms with van der Waals surface area (Å²) in [7, 11) is 4.09. The average Bonchev–Trinajstić information content (AvgIpc) is 2.82. The molecule has 0 aliphatic rings. The Bertz CT molecular complexity index is 417. The smallest absolute Gasteiger partial charge is 0.270 e. The molecule has 0 spiro atoms. The van der Waals surface area contributed by atoms with E-state index in [0.29, 0.717) is 30.7 Å². The lowest BCUT2D eigenvalue weighted by molar-refractivity contribution is 0.0934. The molecule has 114 valence electrons. The second-order valence-electron chi connectivity index (χ2n) is 5.62. The van der Waals surface area contributed by atoms with Crippen LogP contribution in [-0.4, -0.2) is 49.0 Å².